The molecule has 0 unspecified atom stereocenters. The lowest BCUT2D eigenvalue weighted by atomic mass is 9.91. The van der Waals surface area contributed by atoms with Gasteiger partial charge in [-0.25, -0.2) is 8.42 Å². The third-order valence-electron chi connectivity index (χ3n) is 5.13. The molecule has 0 radical (unpaired) electrons. The molecule has 150 valence electrons. The molecule has 0 spiro atoms. The van der Waals surface area contributed by atoms with Gasteiger partial charge in [0.2, 0.25) is 5.91 Å². The average Bonchev–Trinajstić information content (AvgIpc) is 2.64. The second kappa shape index (κ2) is 7.95. The van der Waals surface area contributed by atoms with Gasteiger partial charge in [0.05, 0.1) is 17.2 Å². The maximum absolute atomic E-state index is 12.2. The van der Waals surface area contributed by atoms with Crippen molar-refractivity contribution in [2.24, 2.45) is 0 Å². The number of sulfone groups is 1. The van der Waals surface area contributed by atoms with E-state index in [0.29, 0.717) is 11.5 Å². The van der Waals surface area contributed by atoms with Gasteiger partial charge in [0.1, 0.15) is 5.75 Å². The maximum atomic E-state index is 12.2. The smallest absolute Gasteiger partial charge is 0.224 e. The van der Waals surface area contributed by atoms with E-state index in [4.69, 9.17) is 4.74 Å². The number of fused-ring (bicyclic) bond motifs is 1. The number of rotatable bonds is 5. The van der Waals surface area contributed by atoms with E-state index < -0.39 is 9.84 Å². The standard InChI is InChI=1S/C22H27NO4S/c1-5-14-27-22-19(17-7-9-18(10-8-17)28(4,25)26)12-13-21-20(22)11-6-15(2)23(21)16(3)24/h7-10,12-13,15H,5-6,11,14H2,1-4H3/t15-/m0/s1. The Hall–Kier alpha value is -2.34. The van der Waals surface area contributed by atoms with E-state index in [9.17, 15) is 13.2 Å². The Morgan fingerprint density at radius 2 is 1.86 bits per heavy atom. The van der Waals surface area contributed by atoms with Crippen LogP contribution in [-0.2, 0) is 21.1 Å². The van der Waals surface area contributed by atoms with Crippen LogP contribution in [0.3, 0.4) is 0 Å². The Balaban J connectivity index is 2.13. The van der Waals surface area contributed by atoms with Crippen molar-refractivity contribution in [2.45, 2.75) is 51.0 Å². The van der Waals surface area contributed by atoms with Crippen LogP contribution < -0.4 is 9.64 Å². The Labute approximate surface area is 167 Å². The van der Waals surface area contributed by atoms with Crippen molar-refractivity contribution in [1.82, 2.24) is 0 Å². The Kier molecular flexibility index (Phi) is 5.79. The molecule has 1 amide bonds. The van der Waals surface area contributed by atoms with Gasteiger partial charge in [0.25, 0.3) is 0 Å². The van der Waals surface area contributed by atoms with Gasteiger partial charge in [-0.1, -0.05) is 19.1 Å². The number of hydrogen-bond acceptors (Lipinski definition) is 4. The largest absolute Gasteiger partial charge is 0.493 e. The number of hydrogen-bond donors (Lipinski definition) is 0. The monoisotopic (exact) mass is 401 g/mol. The lowest BCUT2D eigenvalue weighted by Crippen LogP contribution is -2.40. The van der Waals surface area contributed by atoms with Crippen LogP contribution in [0.2, 0.25) is 0 Å². The first kappa shape index (κ1) is 20.4. The molecule has 0 fully saturated rings. The van der Waals surface area contributed by atoms with Gasteiger partial charge in [0, 0.05) is 30.3 Å². The number of anilines is 1. The van der Waals surface area contributed by atoms with Crippen molar-refractivity contribution < 1.29 is 17.9 Å². The lowest BCUT2D eigenvalue weighted by Gasteiger charge is -2.36. The Morgan fingerprint density at radius 1 is 1.18 bits per heavy atom. The SMILES string of the molecule is CCCOc1c(-c2ccc(S(C)(=O)=O)cc2)ccc2c1CC[C@H](C)N2C(C)=O. The zero-order valence-electron chi connectivity index (χ0n) is 16.9. The summed E-state index contributed by atoms with van der Waals surface area (Å²) in [4.78, 5) is 14.3. The van der Waals surface area contributed by atoms with Crippen molar-refractivity contribution in [2.75, 3.05) is 17.8 Å². The predicted molar refractivity (Wildman–Crippen MR) is 112 cm³/mol. The van der Waals surface area contributed by atoms with E-state index in [-0.39, 0.29) is 11.9 Å². The molecule has 0 saturated carbocycles. The summed E-state index contributed by atoms with van der Waals surface area (Å²) in [5, 5.41) is 0. The molecule has 1 aliphatic heterocycles. The number of ether oxygens (including phenoxy) is 1. The van der Waals surface area contributed by atoms with Crippen LogP contribution in [0.5, 0.6) is 5.75 Å². The topological polar surface area (TPSA) is 63.7 Å². The van der Waals surface area contributed by atoms with Gasteiger partial charge in [-0.05, 0) is 56.0 Å². The summed E-state index contributed by atoms with van der Waals surface area (Å²) < 4.78 is 29.6. The zero-order chi connectivity index (χ0) is 20.5. The molecule has 0 saturated heterocycles. The summed E-state index contributed by atoms with van der Waals surface area (Å²) in [5.74, 6) is 0.824. The minimum Gasteiger partial charge on any atom is -0.493 e. The highest BCUT2D eigenvalue weighted by Crippen LogP contribution is 2.43. The summed E-state index contributed by atoms with van der Waals surface area (Å²) in [6.07, 6.45) is 3.80. The van der Waals surface area contributed by atoms with Crippen LogP contribution in [0.25, 0.3) is 11.1 Å². The van der Waals surface area contributed by atoms with Crippen LogP contribution in [0.4, 0.5) is 5.69 Å². The van der Waals surface area contributed by atoms with E-state index >= 15 is 0 Å². The van der Waals surface area contributed by atoms with Gasteiger partial charge >= 0.3 is 0 Å². The van der Waals surface area contributed by atoms with E-state index in [0.717, 1.165) is 47.4 Å². The van der Waals surface area contributed by atoms with Crippen molar-refractivity contribution >= 4 is 21.4 Å². The van der Waals surface area contributed by atoms with Crippen LogP contribution in [0, 0.1) is 0 Å². The number of carbonyl (C=O) groups is 1. The van der Waals surface area contributed by atoms with Gasteiger partial charge in [-0.15, -0.1) is 0 Å². The molecule has 1 atom stereocenters. The quantitative estimate of drug-likeness (QED) is 0.752. The molecule has 0 N–H and O–H groups in total. The highest BCUT2D eigenvalue weighted by molar-refractivity contribution is 7.90. The molecular formula is C22H27NO4S. The molecule has 0 bridgehead atoms. The molecule has 6 heteroatoms. The molecule has 0 aromatic heterocycles. The second-order valence-corrected chi connectivity index (χ2v) is 9.38. The Bertz CT molecular complexity index is 980. The van der Waals surface area contributed by atoms with Crippen molar-refractivity contribution in [3.63, 3.8) is 0 Å². The summed E-state index contributed by atoms with van der Waals surface area (Å²) in [6, 6.07) is 11.0. The summed E-state index contributed by atoms with van der Waals surface area (Å²) in [5.41, 5.74) is 3.78. The molecule has 1 aliphatic rings. The maximum Gasteiger partial charge on any atom is 0.224 e. The van der Waals surface area contributed by atoms with E-state index in [2.05, 4.69) is 13.8 Å². The highest BCUT2D eigenvalue weighted by Gasteiger charge is 2.29. The zero-order valence-corrected chi connectivity index (χ0v) is 17.7. The number of amides is 1. The molecular weight excluding hydrogens is 374 g/mol. The van der Waals surface area contributed by atoms with E-state index in [1.165, 1.54) is 6.26 Å². The number of nitrogens with zero attached hydrogens (tertiary/aromatic N) is 1. The van der Waals surface area contributed by atoms with Gasteiger partial charge < -0.3 is 9.64 Å². The first-order chi connectivity index (χ1) is 13.2. The van der Waals surface area contributed by atoms with E-state index in [1.54, 1.807) is 19.1 Å². The van der Waals surface area contributed by atoms with Crippen LogP contribution in [0.15, 0.2) is 41.3 Å². The van der Waals surface area contributed by atoms with Crippen LogP contribution in [-0.4, -0.2) is 33.2 Å². The van der Waals surface area contributed by atoms with Gasteiger partial charge in [-0.2, -0.15) is 0 Å². The fourth-order valence-corrected chi connectivity index (χ4v) is 4.39. The Morgan fingerprint density at radius 3 is 2.43 bits per heavy atom. The van der Waals surface area contributed by atoms with E-state index in [1.807, 2.05) is 29.2 Å². The van der Waals surface area contributed by atoms with Gasteiger partial charge in [0.15, 0.2) is 9.84 Å². The normalized spacial score (nSPS) is 16.6. The molecule has 3 rings (SSSR count). The lowest BCUT2D eigenvalue weighted by molar-refractivity contribution is -0.117. The third-order valence-corrected chi connectivity index (χ3v) is 6.26. The summed E-state index contributed by atoms with van der Waals surface area (Å²) in [7, 11) is -3.24. The molecule has 0 aliphatic carbocycles. The minimum absolute atomic E-state index is 0.0279. The third kappa shape index (κ3) is 3.92. The fourth-order valence-electron chi connectivity index (χ4n) is 3.76. The van der Waals surface area contributed by atoms with Crippen molar-refractivity contribution in [3.8, 4) is 16.9 Å². The van der Waals surface area contributed by atoms with Crippen LogP contribution >= 0.6 is 0 Å². The second-order valence-electron chi connectivity index (χ2n) is 7.36. The summed E-state index contributed by atoms with van der Waals surface area (Å²) in [6.45, 7) is 6.30. The summed E-state index contributed by atoms with van der Waals surface area (Å²) >= 11 is 0. The van der Waals surface area contributed by atoms with Gasteiger partial charge in [-0.3, -0.25) is 4.79 Å². The fraction of sp³-hybridized carbons (Fsp3) is 0.409. The first-order valence-corrected chi connectivity index (χ1v) is 11.5. The number of carbonyl (C=O) groups excluding carboxylic acids is 1. The molecule has 2 aromatic carbocycles. The minimum atomic E-state index is -3.24. The molecule has 1 heterocycles. The molecule has 2 aromatic rings. The molecule has 28 heavy (non-hydrogen) atoms. The highest BCUT2D eigenvalue weighted by atomic mass is 32.2. The average molecular weight is 402 g/mol. The van der Waals surface area contributed by atoms with Crippen LogP contribution in [0.1, 0.15) is 39.2 Å². The van der Waals surface area contributed by atoms with Crippen molar-refractivity contribution in [3.05, 3.63) is 42.0 Å². The first-order valence-electron chi connectivity index (χ1n) is 9.63. The predicted octanol–water partition coefficient (Wildman–Crippen LogP) is 4.23. The molecule has 5 nitrogen and oxygen atoms in total. The van der Waals surface area contributed by atoms with Crippen molar-refractivity contribution in [1.29, 1.82) is 0 Å². The number of benzene rings is 2.